The zero-order valence-electron chi connectivity index (χ0n) is 47.1. The third-order valence-corrected chi connectivity index (χ3v) is 21.9. The molecule has 24 heteroatoms. The molecule has 4 aliphatic heterocycles. The highest BCUT2D eigenvalue weighted by Crippen LogP contribution is 2.44. The quantitative estimate of drug-likeness (QED) is 0.0523. The van der Waals surface area contributed by atoms with Crippen LogP contribution in [0, 0.1) is 5.41 Å². The smallest absolute Gasteiger partial charge is 0.380 e. The normalized spacial score (nSPS) is 19.7. The van der Waals surface area contributed by atoms with E-state index in [-0.39, 0.29) is 42.2 Å². The predicted molar refractivity (Wildman–Crippen MR) is 327 cm³/mol. The number of nitrogens with zero attached hydrogens (tertiary/aromatic N) is 5. The van der Waals surface area contributed by atoms with Gasteiger partial charge in [-0.15, -0.1) is 11.8 Å². The summed E-state index contributed by atoms with van der Waals surface area (Å²) in [7, 11) is -11.1. The predicted octanol–water partition coefficient (Wildman–Crippen LogP) is 9.84. The Balaban J connectivity index is 0.770. The minimum Gasteiger partial charge on any atom is -0.380 e. The van der Waals surface area contributed by atoms with E-state index in [1.54, 1.807) is 18.2 Å². The van der Waals surface area contributed by atoms with E-state index in [1.165, 1.54) is 45.5 Å². The second-order valence-electron chi connectivity index (χ2n) is 23.1. The number of hydrogen-bond donors (Lipinski definition) is 3. The number of carbonyl (C=O) groups is 4. The van der Waals surface area contributed by atoms with Crippen LogP contribution in [0.5, 0.6) is 0 Å². The highest BCUT2D eigenvalue weighted by Gasteiger charge is 2.49. The van der Waals surface area contributed by atoms with Crippen LogP contribution < -0.4 is 20.3 Å². The minimum atomic E-state index is -6.14. The number of sulfonamides is 1. The molecule has 5 aromatic rings. The van der Waals surface area contributed by atoms with E-state index in [0.29, 0.717) is 81.2 Å². The number of sulfone groups is 1. The number of piperidine rings is 1. The fourth-order valence-electron chi connectivity index (χ4n) is 11.9. The number of thioether (sulfide) groups is 1. The Hall–Kier alpha value is -5.79. The summed E-state index contributed by atoms with van der Waals surface area (Å²) in [6, 6.07) is 28.5. The van der Waals surface area contributed by atoms with Crippen LogP contribution in [0.15, 0.2) is 134 Å². The van der Waals surface area contributed by atoms with Crippen LogP contribution in [0.4, 0.5) is 24.5 Å². The summed E-state index contributed by atoms with van der Waals surface area (Å²) in [4.78, 5) is 60.7. The number of rotatable bonds is 19. The van der Waals surface area contributed by atoms with Gasteiger partial charge in [0.1, 0.15) is 10.9 Å². The van der Waals surface area contributed by atoms with Crippen molar-refractivity contribution in [3.05, 3.63) is 152 Å². The van der Waals surface area contributed by atoms with Crippen molar-refractivity contribution in [1.29, 1.82) is 0 Å². The third kappa shape index (κ3) is 14.6. The molecule has 3 N–H and O–H groups in total. The Morgan fingerprint density at radius 1 is 0.824 bits per heavy atom. The van der Waals surface area contributed by atoms with Crippen molar-refractivity contribution < 1.29 is 49.2 Å². The molecule has 4 amide bonds. The zero-order valence-corrected chi connectivity index (χ0v) is 51.9. The first-order valence-electron chi connectivity index (χ1n) is 28.3. The van der Waals surface area contributed by atoms with Gasteiger partial charge in [-0.25, -0.2) is 21.6 Å². The van der Waals surface area contributed by atoms with Crippen molar-refractivity contribution in [2.75, 3.05) is 81.4 Å². The van der Waals surface area contributed by atoms with Crippen molar-refractivity contribution in [1.82, 2.24) is 29.6 Å². The first-order chi connectivity index (χ1) is 40.4. The Bertz CT molecular complexity index is 3600. The average Bonchev–Trinajstić information content (AvgIpc) is 3.66. The number of halogens is 5. The van der Waals surface area contributed by atoms with Crippen molar-refractivity contribution >= 4 is 99.7 Å². The molecule has 2 atom stereocenters. The van der Waals surface area contributed by atoms with Gasteiger partial charge in [0.05, 0.1) is 10.6 Å². The first kappa shape index (κ1) is 62.3. The monoisotopic (exact) mass is 1310 g/mol. The van der Waals surface area contributed by atoms with Gasteiger partial charge in [-0.3, -0.25) is 34.3 Å². The standard InChI is InChI=1S/C61H67BrClF3N8O8S3/c1-60(2)24-22-49(40-8-13-44(63)14-9-40)43(35-60)37-72-30-32-73(33-31-72)46-15-10-41(11-16-46)57(76)69-85(81,82)48-17-19-52(54(34-48)84(79,80)61(64,65)66)67-45(39-83-47-6-4-3-5-7-47)23-25-70-26-28-71(29-27-70)36-42-12-18-50-51(56(42)62)38-74(59(50)78)53-20-21-55(75)68-58(53)77/h3-19,34,45,53,67H,20-33,35-39H2,1-2H3,(H,69,76)(H,68,75,77)/t45-,53?/m1/s1. The van der Waals surface area contributed by atoms with E-state index >= 15 is 0 Å². The second kappa shape index (κ2) is 25.9. The number of alkyl halides is 3. The molecule has 5 aromatic carbocycles. The van der Waals surface area contributed by atoms with Crippen molar-refractivity contribution in [2.45, 2.75) is 97.7 Å². The summed E-state index contributed by atoms with van der Waals surface area (Å²) < 4.78 is 101. The molecule has 1 unspecified atom stereocenters. The lowest BCUT2D eigenvalue weighted by molar-refractivity contribution is -0.136. The SMILES string of the molecule is CC1(C)CCC(c2ccc(Cl)cc2)=C(CN2CCN(c3ccc(C(=O)NS(=O)(=O)c4ccc(N[C@H](CCN5CCN(Cc6ccc7c(c6Br)CN(C6CCC(=O)NC6=O)C7=O)CC5)CSc5ccccc5)c(S(=O)(=O)C(F)(F)F)c4)cc3)CC2)C1. The van der Waals surface area contributed by atoms with E-state index in [4.69, 9.17) is 11.6 Å². The van der Waals surface area contributed by atoms with E-state index in [2.05, 4.69) is 72.1 Å². The molecule has 1 aliphatic carbocycles. The molecular weight excluding hydrogens is 1240 g/mol. The largest absolute Gasteiger partial charge is 0.501 e. The molecule has 452 valence electrons. The molecule has 0 saturated carbocycles. The molecule has 5 aliphatic rings. The maximum atomic E-state index is 14.5. The molecule has 16 nitrogen and oxygen atoms in total. The van der Waals surface area contributed by atoms with Crippen LogP contribution in [0.2, 0.25) is 5.02 Å². The third-order valence-electron chi connectivity index (χ3n) is 16.7. The van der Waals surface area contributed by atoms with Gasteiger partial charge in [-0.05, 0) is 133 Å². The summed E-state index contributed by atoms with van der Waals surface area (Å²) in [5, 5.41) is 6.08. The second-order valence-corrected chi connectivity index (χ2v) is 29.0. The molecule has 85 heavy (non-hydrogen) atoms. The van der Waals surface area contributed by atoms with Gasteiger partial charge in [0.25, 0.3) is 31.7 Å². The number of piperazine rings is 2. The lowest BCUT2D eigenvalue weighted by Gasteiger charge is -2.39. The molecule has 4 heterocycles. The summed E-state index contributed by atoms with van der Waals surface area (Å²) in [6.07, 6.45) is 3.89. The number of carbonyl (C=O) groups excluding carboxylic acids is 4. The molecule has 3 fully saturated rings. The van der Waals surface area contributed by atoms with E-state index in [0.717, 1.165) is 77.2 Å². The van der Waals surface area contributed by atoms with E-state index < -0.39 is 64.7 Å². The summed E-state index contributed by atoms with van der Waals surface area (Å²) >= 11 is 11.4. The zero-order chi connectivity index (χ0) is 60.4. The lowest BCUT2D eigenvalue weighted by atomic mass is 9.73. The average molecular weight is 1310 g/mol. The van der Waals surface area contributed by atoms with Crippen LogP contribution in [-0.2, 0) is 42.5 Å². The highest BCUT2D eigenvalue weighted by atomic mass is 79.9. The van der Waals surface area contributed by atoms with Gasteiger partial charge in [0.2, 0.25) is 11.8 Å². The van der Waals surface area contributed by atoms with Crippen molar-refractivity contribution in [2.24, 2.45) is 5.41 Å². The minimum absolute atomic E-state index is 0.0263. The maximum absolute atomic E-state index is 14.5. The summed E-state index contributed by atoms with van der Waals surface area (Å²) in [5.74, 6) is -1.85. The van der Waals surface area contributed by atoms with Gasteiger partial charge in [-0.1, -0.05) is 83.3 Å². The number of amides is 4. The molecule has 0 radical (unpaired) electrons. The molecule has 10 rings (SSSR count). The van der Waals surface area contributed by atoms with Gasteiger partial charge in [-0.2, -0.15) is 13.2 Å². The van der Waals surface area contributed by atoms with Gasteiger partial charge < -0.3 is 20.0 Å². The lowest BCUT2D eigenvalue weighted by Crippen LogP contribution is -2.52. The number of hydrogen-bond acceptors (Lipinski definition) is 14. The van der Waals surface area contributed by atoms with Gasteiger partial charge in [0, 0.05) is 128 Å². The van der Waals surface area contributed by atoms with Crippen molar-refractivity contribution in [3.63, 3.8) is 0 Å². The number of benzene rings is 5. The maximum Gasteiger partial charge on any atom is 0.501 e. The Labute approximate surface area is 512 Å². The van der Waals surface area contributed by atoms with Crippen LogP contribution in [-0.4, -0.2) is 149 Å². The fourth-order valence-corrected chi connectivity index (χ4v) is 15.6. The topological polar surface area (TPSA) is 189 Å². The summed E-state index contributed by atoms with van der Waals surface area (Å²) in [6.45, 7) is 12.4. The number of imide groups is 1. The molecule has 0 bridgehead atoms. The molecule has 0 spiro atoms. The number of nitrogens with one attached hydrogen (secondary N) is 3. The Kier molecular flexibility index (Phi) is 19.0. The van der Waals surface area contributed by atoms with Gasteiger partial charge >= 0.3 is 5.51 Å². The number of anilines is 2. The number of allylic oxidation sites excluding steroid dienone is 1. The van der Waals surface area contributed by atoms with E-state index in [9.17, 15) is 49.2 Å². The van der Waals surface area contributed by atoms with Crippen LogP contribution >= 0.6 is 39.3 Å². The summed E-state index contributed by atoms with van der Waals surface area (Å²) in [5.41, 5.74) is 1.02. The number of fused-ring (bicyclic) bond motifs is 1. The van der Waals surface area contributed by atoms with Gasteiger partial charge in [0.15, 0.2) is 0 Å². The fraction of sp³-hybridized carbons (Fsp3) is 0.410. The Morgan fingerprint density at radius 3 is 2.18 bits per heavy atom. The van der Waals surface area contributed by atoms with Crippen LogP contribution in [0.3, 0.4) is 0 Å². The van der Waals surface area contributed by atoms with Crippen LogP contribution in [0.1, 0.15) is 89.8 Å². The molecule has 3 saturated heterocycles. The molecular formula is C61H67BrClF3N8O8S3. The highest BCUT2D eigenvalue weighted by molar-refractivity contribution is 9.10. The first-order valence-corrected chi connectivity index (χ1v) is 33.4. The van der Waals surface area contributed by atoms with Crippen LogP contribution in [0.25, 0.3) is 5.57 Å². The molecule has 0 aromatic heterocycles. The Morgan fingerprint density at radius 2 is 1.49 bits per heavy atom. The van der Waals surface area contributed by atoms with Crippen molar-refractivity contribution in [3.8, 4) is 0 Å². The van der Waals surface area contributed by atoms with E-state index in [1.807, 2.05) is 53.3 Å².